The van der Waals surface area contributed by atoms with Gasteiger partial charge >= 0.3 is 6.09 Å². The molecule has 106 valence electrons. The van der Waals surface area contributed by atoms with Gasteiger partial charge in [0.05, 0.1) is 5.52 Å². The van der Waals surface area contributed by atoms with Gasteiger partial charge in [-0.1, -0.05) is 0 Å². The number of rotatable bonds is 1. The highest BCUT2D eigenvalue weighted by Gasteiger charge is 2.24. The van der Waals surface area contributed by atoms with Gasteiger partial charge in [-0.15, -0.1) is 0 Å². The van der Waals surface area contributed by atoms with Crippen LogP contribution >= 0.6 is 0 Å². The van der Waals surface area contributed by atoms with E-state index in [2.05, 4.69) is 0 Å². The molecule has 20 heavy (non-hydrogen) atoms. The molecule has 1 aromatic heterocycles. The number of aromatic nitrogens is 1. The number of hydrogen-bond donors (Lipinski definition) is 1. The lowest BCUT2D eigenvalue weighted by molar-refractivity contribution is 0.132. The number of likely N-dealkylation sites (tertiary alicyclic amines) is 1. The monoisotopic (exact) mass is 276 g/mol. The summed E-state index contributed by atoms with van der Waals surface area (Å²) in [5, 5.41) is 9.59. The van der Waals surface area contributed by atoms with Crippen molar-refractivity contribution in [2.45, 2.75) is 18.8 Å². The number of carboxylic acid groups (broad SMARTS) is 1. The molecule has 3 rings (SSSR count). The van der Waals surface area contributed by atoms with Crippen LogP contribution in [0, 0.1) is 5.82 Å². The largest absolute Gasteiger partial charge is 0.465 e. The predicted octanol–water partition coefficient (Wildman–Crippen LogP) is 3.17. The molecular weight excluding hydrogens is 259 g/mol. The van der Waals surface area contributed by atoms with Crippen molar-refractivity contribution in [2.24, 2.45) is 7.05 Å². The summed E-state index contributed by atoms with van der Waals surface area (Å²) in [4.78, 5) is 12.3. The van der Waals surface area contributed by atoms with Crippen molar-refractivity contribution < 1.29 is 14.3 Å². The van der Waals surface area contributed by atoms with Crippen molar-refractivity contribution >= 4 is 17.0 Å². The van der Waals surface area contributed by atoms with Gasteiger partial charge in [-0.2, -0.15) is 0 Å². The topological polar surface area (TPSA) is 45.5 Å². The summed E-state index contributed by atoms with van der Waals surface area (Å²) >= 11 is 0. The summed E-state index contributed by atoms with van der Waals surface area (Å²) in [6, 6.07) is 5.41. The van der Waals surface area contributed by atoms with E-state index in [9.17, 15) is 9.18 Å². The molecule has 1 aromatic carbocycles. The van der Waals surface area contributed by atoms with Gasteiger partial charge in [-0.05, 0) is 42.5 Å². The first-order valence-corrected chi connectivity index (χ1v) is 6.78. The smallest absolute Gasteiger partial charge is 0.407 e. The van der Waals surface area contributed by atoms with Crippen LogP contribution in [0.4, 0.5) is 9.18 Å². The highest BCUT2D eigenvalue weighted by molar-refractivity contribution is 5.81. The number of halogens is 1. The fourth-order valence-electron chi connectivity index (χ4n) is 2.99. The number of amides is 1. The maximum Gasteiger partial charge on any atom is 0.407 e. The molecule has 1 amide bonds. The Labute approximate surface area is 116 Å². The molecule has 1 aliphatic rings. The minimum absolute atomic E-state index is 0.196. The minimum Gasteiger partial charge on any atom is -0.465 e. The molecule has 0 bridgehead atoms. The first-order chi connectivity index (χ1) is 9.56. The molecule has 0 atom stereocenters. The molecule has 4 nitrogen and oxygen atoms in total. The van der Waals surface area contributed by atoms with Gasteiger partial charge in [0, 0.05) is 31.7 Å². The molecule has 5 heteroatoms. The van der Waals surface area contributed by atoms with E-state index in [4.69, 9.17) is 5.11 Å². The zero-order chi connectivity index (χ0) is 14.3. The third-order valence-corrected chi connectivity index (χ3v) is 4.21. The number of carbonyl (C=O) groups is 1. The maximum atomic E-state index is 14.1. The number of hydrogen-bond acceptors (Lipinski definition) is 1. The molecule has 0 unspecified atom stereocenters. The van der Waals surface area contributed by atoms with Gasteiger partial charge < -0.3 is 14.6 Å². The van der Waals surface area contributed by atoms with Crippen LogP contribution in [0.25, 0.3) is 10.9 Å². The van der Waals surface area contributed by atoms with E-state index in [0.29, 0.717) is 18.5 Å². The Hall–Kier alpha value is -2.04. The van der Waals surface area contributed by atoms with Gasteiger partial charge in [0.15, 0.2) is 0 Å². The lowest BCUT2D eigenvalue weighted by Crippen LogP contribution is -2.36. The molecule has 0 saturated carbocycles. The molecule has 0 spiro atoms. The molecule has 1 N–H and O–H groups in total. The predicted molar refractivity (Wildman–Crippen MR) is 74.4 cm³/mol. The van der Waals surface area contributed by atoms with E-state index in [1.165, 1.54) is 4.90 Å². The van der Waals surface area contributed by atoms with Crippen LogP contribution in [0.5, 0.6) is 0 Å². The molecular formula is C15H17FN2O2. The van der Waals surface area contributed by atoms with Gasteiger partial charge in [0.2, 0.25) is 0 Å². The fourth-order valence-corrected chi connectivity index (χ4v) is 2.99. The molecule has 2 aromatic rings. The highest BCUT2D eigenvalue weighted by Crippen LogP contribution is 2.31. The fraction of sp³-hybridized carbons (Fsp3) is 0.400. The van der Waals surface area contributed by atoms with Crippen molar-refractivity contribution in [1.29, 1.82) is 0 Å². The second kappa shape index (κ2) is 4.81. The molecule has 0 aliphatic carbocycles. The van der Waals surface area contributed by atoms with Gasteiger partial charge in [-0.25, -0.2) is 9.18 Å². The minimum atomic E-state index is -0.868. The molecule has 1 saturated heterocycles. The van der Waals surface area contributed by atoms with Crippen LogP contribution in [0.1, 0.15) is 24.3 Å². The number of aryl methyl sites for hydroxylation is 1. The first-order valence-electron chi connectivity index (χ1n) is 6.78. The number of fused-ring (bicyclic) bond motifs is 1. The zero-order valence-electron chi connectivity index (χ0n) is 11.3. The second-order valence-electron chi connectivity index (χ2n) is 5.41. The molecule has 0 radical (unpaired) electrons. The Morgan fingerprint density at radius 1 is 1.35 bits per heavy atom. The van der Waals surface area contributed by atoms with E-state index >= 15 is 0 Å². The van der Waals surface area contributed by atoms with Gasteiger partial charge in [0.25, 0.3) is 0 Å². The third kappa shape index (κ3) is 2.13. The van der Waals surface area contributed by atoms with Crippen LogP contribution < -0.4 is 0 Å². The Bertz CT molecular complexity index is 657. The van der Waals surface area contributed by atoms with Crippen LogP contribution in [0.2, 0.25) is 0 Å². The lowest BCUT2D eigenvalue weighted by atomic mass is 9.89. The van der Waals surface area contributed by atoms with Gasteiger partial charge in [0.1, 0.15) is 5.82 Å². The Balaban J connectivity index is 1.88. The quantitative estimate of drug-likeness (QED) is 0.869. The molecule has 2 heterocycles. The average molecular weight is 276 g/mol. The zero-order valence-corrected chi connectivity index (χ0v) is 11.3. The molecule has 1 fully saturated rings. The van der Waals surface area contributed by atoms with Crippen molar-refractivity contribution in [3.05, 3.63) is 35.8 Å². The summed E-state index contributed by atoms with van der Waals surface area (Å²) in [6.45, 7) is 1.04. The Morgan fingerprint density at radius 3 is 2.70 bits per heavy atom. The third-order valence-electron chi connectivity index (χ3n) is 4.21. The first kappa shape index (κ1) is 13.0. The van der Waals surface area contributed by atoms with E-state index in [0.717, 1.165) is 23.9 Å². The summed E-state index contributed by atoms with van der Waals surface area (Å²) in [7, 11) is 1.90. The average Bonchev–Trinajstić information content (AvgIpc) is 2.81. The summed E-state index contributed by atoms with van der Waals surface area (Å²) in [5.41, 5.74) is 1.86. The summed E-state index contributed by atoms with van der Waals surface area (Å²) in [6.07, 6.45) is 2.49. The second-order valence-corrected chi connectivity index (χ2v) is 5.41. The van der Waals surface area contributed by atoms with Crippen LogP contribution in [0.15, 0.2) is 24.4 Å². The van der Waals surface area contributed by atoms with E-state index in [-0.39, 0.29) is 11.7 Å². The lowest BCUT2D eigenvalue weighted by Gasteiger charge is -2.30. The number of benzene rings is 1. The Morgan fingerprint density at radius 2 is 2.05 bits per heavy atom. The SMILES string of the molecule is Cn1ccc2c(F)cc(C3CCN(C(=O)O)CC3)cc21. The number of piperidine rings is 1. The van der Waals surface area contributed by atoms with Crippen molar-refractivity contribution in [3.8, 4) is 0 Å². The maximum absolute atomic E-state index is 14.1. The van der Waals surface area contributed by atoms with E-state index < -0.39 is 6.09 Å². The van der Waals surface area contributed by atoms with Crippen LogP contribution in [-0.4, -0.2) is 33.8 Å². The number of nitrogens with zero attached hydrogens (tertiary/aromatic N) is 2. The standard InChI is InChI=1S/C15H17FN2O2/c1-17-5-4-12-13(16)8-11(9-14(12)17)10-2-6-18(7-3-10)15(19)20/h4-5,8-10H,2-3,6-7H2,1H3,(H,19,20). The summed E-state index contributed by atoms with van der Waals surface area (Å²) < 4.78 is 16.0. The van der Waals surface area contributed by atoms with E-state index in [1.54, 1.807) is 12.1 Å². The van der Waals surface area contributed by atoms with Gasteiger partial charge in [-0.3, -0.25) is 0 Å². The van der Waals surface area contributed by atoms with Crippen LogP contribution in [0.3, 0.4) is 0 Å². The Kier molecular flexibility index (Phi) is 3.12. The van der Waals surface area contributed by atoms with E-state index in [1.807, 2.05) is 23.9 Å². The van der Waals surface area contributed by atoms with Crippen LogP contribution in [-0.2, 0) is 7.05 Å². The normalized spacial score (nSPS) is 16.8. The summed E-state index contributed by atoms with van der Waals surface area (Å²) in [5.74, 6) is 0.0400. The highest BCUT2D eigenvalue weighted by atomic mass is 19.1. The van der Waals surface area contributed by atoms with Crippen molar-refractivity contribution in [3.63, 3.8) is 0 Å². The molecule has 1 aliphatic heterocycles. The van der Waals surface area contributed by atoms with Crippen molar-refractivity contribution in [2.75, 3.05) is 13.1 Å². The van der Waals surface area contributed by atoms with Crippen molar-refractivity contribution in [1.82, 2.24) is 9.47 Å².